The molecule has 0 N–H and O–H groups in total. The summed E-state index contributed by atoms with van der Waals surface area (Å²) in [4.78, 5) is 11.3. The third kappa shape index (κ3) is 5.25. The van der Waals surface area contributed by atoms with Gasteiger partial charge in [0.1, 0.15) is 0 Å². The molecule has 0 bridgehead atoms. The quantitative estimate of drug-likeness (QED) is 0.651. The number of carbonyl (C=O) groups excluding carboxylic acids is 1. The van der Waals surface area contributed by atoms with Gasteiger partial charge < -0.3 is 4.74 Å². The number of esters is 1. The summed E-state index contributed by atoms with van der Waals surface area (Å²) in [6.07, 6.45) is 6.71. The van der Waals surface area contributed by atoms with Crippen LogP contribution in [0.4, 0.5) is 0 Å². The Balaban J connectivity index is 0.000000791. The van der Waals surface area contributed by atoms with Gasteiger partial charge in [0, 0.05) is 0 Å². The van der Waals surface area contributed by atoms with E-state index in [-0.39, 0.29) is 11.9 Å². The van der Waals surface area contributed by atoms with Crippen molar-refractivity contribution in [2.45, 2.75) is 59.3 Å². The van der Waals surface area contributed by atoms with Crippen LogP contribution in [0.15, 0.2) is 0 Å². The van der Waals surface area contributed by atoms with Crippen molar-refractivity contribution in [3.8, 4) is 0 Å². The Labute approximate surface area is 88.0 Å². The third-order valence-electron chi connectivity index (χ3n) is 2.39. The molecular weight excluding hydrogens is 176 g/mol. The molecule has 0 heterocycles. The van der Waals surface area contributed by atoms with Crippen LogP contribution in [0.2, 0.25) is 0 Å². The molecule has 2 heteroatoms. The highest BCUT2D eigenvalue weighted by atomic mass is 16.5. The molecule has 1 saturated carbocycles. The average Bonchev–Trinajstić information content (AvgIpc) is 2.30. The predicted molar refractivity (Wildman–Crippen MR) is 59.2 cm³/mol. The zero-order valence-corrected chi connectivity index (χ0v) is 9.84. The van der Waals surface area contributed by atoms with Gasteiger partial charge in [0.05, 0.1) is 12.5 Å². The Morgan fingerprint density at radius 3 is 2.29 bits per heavy atom. The van der Waals surface area contributed by atoms with Crippen molar-refractivity contribution >= 4 is 5.97 Å². The normalized spacial score (nSPS) is 16.8. The van der Waals surface area contributed by atoms with E-state index in [9.17, 15) is 4.79 Å². The molecule has 0 aromatic rings. The lowest BCUT2D eigenvalue weighted by atomic mass is 9.89. The number of rotatable bonds is 3. The Morgan fingerprint density at radius 2 is 1.79 bits per heavy atom. The molecule has 0 spiro atoms. The minimum atomic E-state index is 0.0385. The van der Waals surface area contributed by atoms with Gasteiger partial charge in [-0.25, -0.2) is 0 Å². The number of hydrogen-bond donors (Lipinski definition) is 0. The molecule has 0 radical (unpaired) electrons. The van der Waals surface area contributed by atoms with Gasteiger partial charge in [0.2, 0.25) is 0 Å². The lowest BCUT2D eigenvalue weighted by Crippen LogP contribution is -2.20. The molecule has 0 aromatic carbocycles. The first-order valence-electron chi connectivity index (χ1n) is 6.01. The van der Waals surface area contributed by atoms with E-state index >= 15 is 0 Å². The van der Waals surface area contributed by atoms with Crippen LogP contribution in [0.3, 0.4) is 0 Å². The van der Waals surface area contributed by atoms with E-state index in [0.717, 1.165) is 19.3 Å². The lowest BCUT2D eigenvalue weighted by molar-refractivity contribution is -0.149. The molecule has 0 aliphatic heterocycles. The fourth-order valence-corrected chi connectivity index (χ4v) is 1.66. The van der Waals surface area contributed by atoms with Gasteiger partial charge in [0.25, 0.3) is 0 Å². The summed E-state index contributed by atoms with van der Waals surface area (Å²) in [7, 11) is 0. The number of hydrogen-bond acceptors (Lipinski definition) is 2. The van der Waals surface area contributed by atoms with E-state index < -0.39 is 0 Å². The maximum atomic E-state index is 11.3. The van der Waals surface area contributed by atoms with Crippen molar-refractivity contribution in [1.29, 1.82) is 0 Å². The molecule has 1 aliphatic rings. The Bertz CT molecular complexity index is 137. The van der Waals surface area contributed by atoms with Crippen LogP contribution in [0, 0.1) is 5.92 Å². The second-order valence-corrected chi connectivity index (χ2v) is 3.50. The highest BCUT2D eigenvalue weighted by Crippen LogP contribution is 2.24. The topological polar surface area (TPSA) is 26.3 Å². The lowest BCUT2D eigenvalue weighted by Gasteiger charge is -2.19. The summed E-state index contributed by atoms with van der Waals surface area (Å²) in [5.74, 6) is 0.252. The third-order valence-corrected chi connectivity index (χ3v) is 2.39. The first kappa shape index (κ1) is 13.5. The second-order valence-electron chi connectivity index (χ2n) is 3.50. The van der Waals surface area contributed by atoms with Crippen molar-refractivity contribution in [2.24, 2.45) is 5.92 Å². The van der Waals surface area contributed by atoms with Gasteiger partial charge in [0.15, 0.2) is 0 Å². The standard InChI is InChI=1S/C10H18O2.C2H6/c1-2-8-12-10(11)9-6-4-3-5-7-9;1-2/h9H,2-8H2,1H3;1-2H3. The van der Waals surface area contributed by atoms with Crippen molar-refractivity contribution in [1.82, 2.24) is 0 Å². The van der Waals surface area contributed by atoms with E-state index in [2.05, 4.69) is 0 Å². The molecule has 0 aromatic heterocycles. The fraction of sp³-hybridized carbons (Fsp3) is 0.917. The summed E-state index contributed by atoms with van der Waals surface area (Å²) in [5.41, 5.74) is 0. The molecule has 1 fully saturated rings. The summed E-state index contributed by atoms with van der Waals surface area (Å²) in [6, 6.07) is 0. The summed E-state index contributed by atoms with van der Waals surface area (Å²) >= 11 is 0. The molecular formula is C12H24O2. The molecule has 0 unspecified atom stereocenters. The summed E-state index contributed by atoms with van der Waals surface area (Å²) in [5, 5.41) is 0. The minimum Gasteiger partial charge on any atom is -0.465 e. The van der Waals surface area contributed by atoms with E-state index in [1.54, 1.807) is 0 Å². The maximum Gasteiger partial charge on any atom is 0.308 e. The number of ether oxygens (including phenoxy) is 1. The zero-order chi connectivity index (χ0) is 10.8. The van der Waals surface area contributed by atoms with Gasteiger partial charge in [-0.3, -0.25) is 4.79 Å². The maximum absolute atomic E-state index is 11.3. The zero-order valence-electron chi connectivity index (χ0n) is 9.84. The first-order chi connectivity index (χ1) is 6.84. The van der Waals surface area contributed by atoms with Crippen molar-refractivity contribution in [3.05, 3.63) is 0 Å². The molecule has 1 aliphatic carbocycles. The van der Waals surface area contributed by atoms with Crippen LogP contribution in [0.1, 0.15) is 59.3 Å². The Hall–Kier alpha value is -0.530. The molecule has 0 amide bonds. The van der Waals surface area contributed by atoms with Crippen LogP contribution >= 0.6 is 0 Å². The SMILES string of the molecule is CC.CCCOC(=O)C1CCCCC1. The fourth-order valence-electron chi connectivity index (χ4n) is 1.66. The van der Waals surface area contributed by atoms with Crippen molar-refractivity contribution in [3.63, 3.8) is 0 Å². The molecule has 2 nitrogen and oxygen atoms in total. The van der Waals surface area contributed by atoms with E-state index in [1.807, 2.05) is 20.8 Å². The highest BCUT2D eigenvalue weighted by molar-refractivity contribution is 5.72. The van der Waals surface area contributed by atoms with E-state index in [4.69, 9.17) is 4.74 Å². The molecule has 84 valence electrons. The summed E-state index contributed by atoms with van der Waals surface area (Å²) in [6.45, 7) is 6.61. The monoisotopic (exact) mass is 200 g/mol. The van der Waals surface area contributed by atoms with Gasteiger partial charge in [-0.1, -0.05) is 40.0 Å². The highest BCUT2D eigenvalue weighted by Gasteiger charge is 2.21. The first-order valence-corrected chi connectivity index (χ1v) is 6.01. The van der Waals surface area contributed by atoms with E-state index in [1.165, 1.54) is 19.3 Å². The Kier molecular flexibility index (Phi) is 8.70. The van der Waals surface area contributed by atoms with Crippen LogP contribution in [0.5, 0.6) is 0 Å². The van der Waals surface area contributed by atoms with Crippen LogP contribution in [-0.4, -0.2) is 12.6 Å². The second kappa shape index (κ2) is 9.04. The predicted octanol–water partition coefficient (Wildman–Crippen LogP) is 3.55. The van der Waals surface area contributed by atoms with Gasteiger partial charge in [-0.05, 0) is 19.3 Å². The van der Waals surface area contributed by atoms with Gasteiger partial charge >= 0.3 is 5.97 Å². The molecule has 14 heavy (non-hydrogen) atoms. The van der Waals surface area contributed by atoms with Crippen LogP contribution in [0.25, 0.3) is 0 Å². The molecule has 1 rings (SSSR count). The van der Waals surface area contributed by atoms with Gasteiger partial charge in [-0.15, -0.1) is 0 Å². The van der Waals surface area contributed by atoms with Crippen molar-refractivity contribution in [2.75, 3.05) is 6.61 Å². The molecule has 0 saturated heterocycles. The largest absolute Gasteiger partial charge is 0.465 e. The van der Waals surface area contributed by atoms with Gasteiger partial charge in [-0.2, -0.15) is 0 Å². The van der Waals surface area contributed by atoms with Crippen molar-refractivity contribution < 1.29 is 9.53 Å². The van der Waals surface area contributed by atoms with Crippen LogP contribution < -0.4 is 0 Å². The number of carbonyl (C=O) groups is 1. The average molecular weight is 200 g/mol. The van der Waals surface area contributed by atoms with Crippen LogP contribution in [-0.2, 0) is 9.53 Å². The minimum absolute atomic E-state index is 0.0385. The Morgan fingerprint density at radius 1 is 1.21 bits per heavy atom. The molecule has 0 atom stereocenters. The summed E-state index contributed by atoms with van der Waals surface area (Å²) < 4.78 is 5.09. The smallest absolute Gasteiger partial charge is 0.308 e. The van der Waals surface area contributed by atoms with E-state index in [0.29, 0.717) is 6.61 Å².